The number of hydrogen-bond donors (Lipinski definition) is 0. The van der Waals surface area contributed by atoms with Gasteiger partial charge in [0.2, 0.25) is 0 Å². The maximum Gasteiger partial charge on any atom is 0.0713 e. The van der Waals surface area contributed by atoms with Gasteiger partial charge in [0.25, 0.3) is 0 Å². The summed E-state index contributed by atoms with van der Waals surface area (Å²) in [4.78, 5) is 0. The zero-order valence-corrected chi connectivity index (χ0v) is 39.1. The van der Waals surface area contributed by atoms with E-state index in [-0.39, 0.29) is 0 Å². The van der Waals surface area contributed by atoms with Crippen LogP contribution in [0.1, 0.15) is 22.3 Å². The van der Waals surface area contributed by atoms with E-state index in [0.717, 1.165) is 0 Å². The average molecular weight is 899 g/mol. The molecule has 1 aliphatic carbocycles. The van der Waals surface area contributed by atoms with E-state index in [1.54, 1.807) is 0 Å². The molecule has 1 unspecified atom stereocenters. The number of rotatable bonds is 7. The van der Waals surface area contributed by atoms with Crippen LogP contribution in [0.15, 0.2) is 279 Å². The maximum absolute atomic E-state index is 2.53. The van der Waals surface area contributed by atoms with E-state index < -0.39 is 5.41 Å². The van der Waals surface area contributed by atoms with E-state index in [1.165, 1.54) is 132 Å². The van der Waals surface area contributed by atoms with Crippen LogP contribution in [0.2, 0.25) is 0 Å². The molecule has 71 heavy (non-hydrogen) atoms. The van der Waals surface area contributed by atoms with E-state index in [1.807, 2.05) is 0 Å². The molecule has 0 aromatic heterocycles. The molecule has 0 N–H and O–H groups in total. The summed E-state index contributed by atoms with van der Waals surface area (Å²) in [7, 11) is 0. The highest BCUT2D eigenvalue weighted by atomic mass is 14.5. The van der Waals surface area contributed by atoms with Crippen LogP contribution in [0.5, 0.6) is 0 Å². The topological polar surface area (TPSA) is 0 Å². The molecule has 0 saturated carbocycles. The number of benzene rings is 13. The van der Waals surface area contributed by atoms with Gasteiger partial charge in [-0.15, -0.1) is 0 Å². The van der Waals surface area contributed by atoms with Gasteiger partial charge in [0.05, 0.1) is 5.41 Å². The van der Waals surface area contributed by atoms with Gasteiger partial charge < -0.3 is 0 Å². The van der Waals surface area contributed by atoms with E-state index in [4.69, 9.17) is 0 Å². The first kappa shape index (κ1) is 40.9. The van der Waals surface area contributed by atoms with Crippen molar-refractivity contribution in [1.82, 2.24) is 0 Å². The van der Waals surface area contributed by atoms with Crippen LogP contribution in [-0.2, 0) is 5.41 Å². The van der Waals surface area contributed by atoms with Crippen molar-refractivity contribution in [3.8, 4) is 66.8 Å². The monoisotopic (exact) mass is 898 g/mol. The standard InChI is InChI=1S/C71H46/c1-4-20-47(21-5-1)52-42-53(48-22-6-2-7-23-48)44-54(43-52)57-40-41-66(59-29-13-12-28-58(57)59)70-64-33-16-14-31-62(64)69(63-32-15-17-34-65(63)70)51-37-39-61-60-30-18-19-35-67(60)71(68(61)46-51,55-26-8-3-9-27-55)56-38-36-49-24-10-11-25-50(49)45-56/h1-46H. The predicted octanol–water partition coefficient (Wildman–Crippen LogP) is 19.0. The largest absolute Gasteiger partial charge is 0.0713 e. The van der Waals surface area contributed by atoms with Crippen molar-refractivity contribution in [1.29, 1.82) is 0 Å². The minimum atomic E-state index is -0.540. The molecule has 0 bridgehead atoms. The lowest BCUT2D eigenvalue weighted by atomic mass is 9.67. The van der Waals surface area contributed by atoms with Gasteiger partial charge in [0.1, 0.15) is 0 Å². The van der Waals surface area contributed by atoms with Gasteiger partial charge in [-0.05, 0) is 162 Å². The molecular formula is C71H46. The summed E-state index contributed by atoms with van der Waals surface area (Å²) < 4.78 is 0. The van der Waals surface area contributed by atoms with E-state index in [0.29, 0.717) is 0 Å². The predicted molar refractivity (Wildman–Crippen MR) is 301 cm³/mol. The van der Waals surface area contributed by atoms with Crippen LogP contribution >= 0.6 is 0 Å². The normalized spacial score (nSPS) is 14.0. The van der Waals surface area contributed by atoms with Gasteiger partial charge in [-0.2, -0.15) is 0 Å². The first-order valence-electron chi connectivity index (χ1n) is 24.7. The molecule has 0 heterocycles. The smallest absolute Gasteiger partial charge is 0.0622 e. The lowest BCUT2D eigenvalue weighted by Crippen LogP contribution is -2.28. The molecule has 0 nitrogen and oxygen atoms in total. The second kappa shape index (κ2) is 16.6. The number of hydrogen-bond acceptors (Lipinski definition) is 0. The first-order valence-corrected chi connectivity index (χ1v) is 24.7. The Labute approximate surface area is 414 Å². The van der Waals surface area contributed by atoms with Crippen molar-refractivity contribution in [2.24, 2.45) is 0 Å². The Kier molecular flexibility index (Phi) is 9.54. The van der Waals surface area contributed by atoms with Gasteiger partial charge in [-0.1, -0.05) is 249 Å². The zero-order valence-electron chi connectivity index (χ0n) is 39.1. The van der Waals surface area contributed by atoms with Gasteiger partial charge in [-0.25, -0.2) is 0 Å². The van der Waals surface area contributed by atoms with Crippen LogP contribution in [0, 0.1) is 0 Å². The fourth-order valence-electron chi connectivity index (χ4n) is 12.2. The summed E-state index contributed by atoms with van der Waals surface area (Å²) in [5, 5.41) is 9.91. The third-order valence-electron chi connectivity index (χ3n) is 15.3. The van der Waals surface area contributed by atoms with Gasteiger partial charge >= 0.3 is 0 Å². The Morgan fingerprint density at radius 3 is 1.31 bits per heavy atom. The Balaban J connectivity index is 0.997. The van der Waals surface area contributed by atoms with Crippen LogP contribution < -0.4 is 0 Å². The van der Waals surface area contributed by atoms with Crippen LogP contribution in [0.4, 0.5) is 0 Å². The lowest BCUT2D eigenvalue weighted by Gasteiger charge is -2.34. The van der Waals surface area contributed by atoms with Crippen molar-refractivity contribution >= 4 is 43.1 Å². The third kappa shape index (κ3) is 6.46. The fraction of sp³-hybridized carbons (Fsp3) is 0.0141. The van der Waals surface area contributed by atoms with Gasteiger partial charge in [0, 0.05) is 0 Å². The Morgan fingerprint density at radius 2 is 0.662 bits per heavy atom. The van der Waals surface area contributed by atoms with Crippen molar-refractivity contribution in [2.75, 3.05) is 0 Å². The van der Waals surface area contributed by atoms with Crippen LogP contribution in [-0.4, -0.2) is 0 Å². The minimum Gasteiger partial charge on any atom is -0.0622 e. The van der Waals surface area contributed by atoms with Crippen molar-refractivity contribution < 1.29 is 0 Å². The molecule has 0 radical (unpaired) electrons. The SMILES string of the molecule is c1ccc(-c2cc(-c3ccccc3)cc(-c3ccc(-c4c5ccccc5c(-c5ccc6c(c5)C(c5ccccc5)(c5ccc7ccccc7c5)c5ccccc5-6)c5ccccc45)c4ccccc34)c2)cc1. The molecular weight excluding hydrogens is 853 g/mol. The Hall–Kier alpha value is -9.10. The fourth-order valence-corrected chi connectivity index (χ4v) is 12.2. The molecule has 0 heteroatoms. The zero-order chi connectivity index (χ0) is 46.9. The van der Waals surface area contributed by atoms with Crippen LogP contribution in [0.25, 0.3) is 110 Å². The van der Waals surface area contributed by atoms with Crippen LogP contribution in [0.3, 0.4) is 0 Å². The van der Waals surface area contributed by atoms with E-state index in [2.05, 4.69) is 279 Å². The second-order valence-electron chi connectivity index (χ2n) is 19.1. The highest BCUT2D eigenvalue weighted by molar-refractivity contribution is 6.24. The molecule has 330 valence electrons. The van der Waals surface area contributed by atoms with Crippen molar-refractivity contribution in [3.05, 3.63) is 301 Å². The molecule has 0 saturated heterocycles. The molecule has 0 aliphatic heterocycles. The molecule has 13 aromatic carbocycles. The molecule has 13 aromatic rings. The molecule has 14 rings (SSSR count). The summed E-state index contributed by atoms with van der Waals surface area (Å²) in [5.41, 5.74) is 19.4. The molecule has 1 atom stereocenters. The highest BCUT2D eigenvalue weighted by Gasteiger charge is 2.46. The summed E-state index contributed by atoms with van der Waals surface area (Å²) in [6.45, 7) is 0. The number of fused-ring (bicyclic) bond motifs is 7. The molecule has 0 amide bonds. The lowest BCUT2D eigenvalue weighted by molar-refractivity contribution is 0.770. The minimum absolute atomic E-state index is 0.540. The molecule has 1 aliphatic rings. The third-order valence-corrected chi connectivity index (χ3v) is 15.3. The van der Waals surface area contributed by atoms with Crippen molar-refractivity contribution in [3.63, 3.8) is 0 Å². The quantitative estimate of drug-likeness (QED) is 0.140. The van der Waals surface area contributed by atoms with Crippen molar-refractivity contribution in [2.45, 2.75) is 5.41 Å². The summed E-state index contributed by atoms with van der Waals surface area (Å²) in [6.07, 6.45) is 0. The Morgan fingerprint density at radius 1 is 0.197 bits per heavy atom. The average Bonchev–Trinajstić information content (AvgIpc) is 3.75. The summed E-state index contributed by atoms with van der Waals surface area (Å²) >= 11 is 0. The summed E-state index contributed by atoms with van der Waals surface area (Å²) in [6, 6.07) is 104. The van der Waals surface area contributed by atoms with E-state index in [9.17, 15) is 0 Å². The molecule has 0 fully saturated rings. The van der Waals surface area contributed by atoms with Gasteiger partial charge in [0.15, 0.2) is 0 Å². The van der Waals surface area contributed by atoms with E-state index >= 15 is 0 Å². The maximum atomic E-state index is 2.53. The Bertz CT molecular complexity index is 4090. The second-order valence-corrected chi connectivity index (χ2v) is 19.1. The van der Waals surface area contributed by atoms with Gasteiger partial charge in [-0.3, -0.25) is 0 Å². The highest BCUT2D eigenvalue weighted by Crippen LogP contribution is 2.58. The summed E-state index contributed by atoms with van der Waals surface area (Å²) in [5.74, 6) is 0. The molecule has 0 spiro atoms. The first-order chi connectivity index (χ1) is 35.2.